The van der Waals surface area contributed by atoms with Gasteiger partial charge in [-0.05, 0) is 19.1 Å². The van der Waals surface area contributed by atoms with Crippen LogP contribution in [0, 0.1) is 0 Å². The molecule has 3 rings (SSSR count). The third kappa shape index (κ3) is 3.68. The molecule has 6 nitrogen and oxygen atoms in total. The van der Waals surface area contributed by atoms with E-state index in [0.717, 1.165) is 0 Å². The molecule has 0 saturated carbocycles. The summed E-state index contributed by atoms with van der Waals surface area (Å²) in [6.07, 6.45) is -4.61. The van der Waals surface area contributed by atoms with Crippen LogP contribution < -0.4 is 10.5 Å². The van der Waals surface area contributed by atoms with Crippen LogP contribution in [0.1, 0.15) is 17.3 Å². The van der Waals surface area contributed by atoms with Crippen LogP contribution in [0.2, 0.25) is 5.02 Å². The van der Waals surface area contributed by atoms with E-state index in [9.17, 15) is 22.8 Å². The Morgan fingerprint density at radius 3 is 2.54 bits per heavy atom. The number of carbonyl (C=O) groups excluding carboxylic acids is 1. The maximum Gasteiger partial charge on any atom is 0.406 e. The molecule has 0 N–H and O–H groups in total. The van der Waals surface area contributed by atoms with E-state index >= 15 is 0 Å². The summed E-state index contributed by atoms with van der Waals surface area (Å²) in [7, 11) is 0. The number of ether oxygens (including phenoxy) is 1. The third-order valence-electron chi connectivity index (χ3n) is 4.01. The zero-order valence-corrected chi connectivity index (χ0v) is 14.5. The largest absolute Gasteiger partial charge is 0.406 e. The minimum Gasteiger partial charge on any atom is -0.378 e. The van der Waals surface area contributed by atoms with Crippen LogP contribution in [-0.2, 0) is 11.3 Å². The van der Waals surface area contributed by atoms with Crippen molar-refractivity contribution in [3.05, 3.63) is 33.1 Å². The molecule has 10 heteroatoms. The number of nitrogens with zero attached hydrogens (tertiary/aromatic N) is 3. The molecule has 2 aromatic rings. The molecular weight excluding hydrogens is 375 g/mol. The van der Waals surface area contributed by atoms with E-state index in [1.54, 1.807) is 4.90 Å². The highest BCUT2D eigenvalue weighted by molar-refractivity contribution is 6.32. The van der Waals surface area contributed by atoms with Gasteiger partial charge >= 0.3 is 6.18 Å². The number of aromatic nitrogens is 2. The summed E-state index contributed by atoms with van der Waals surface area (Å²) in [6.45, 7) is 0.990. The van der Waals surface area contributed by atoms with Crippen molar-refractivity contribution in [2.24, 2.45) is 0 Å². The number of hydrogen-bond acceptors (Lipinski definition) is 5. The molecule has 140 valence electrons. The maximum atomic E-state index is 13.0. The van der Waals surface area contributed by atoms with Crippen molar-refractivity contribution in [1.29, 1.82) is 0 Å². The Balaban J connectivity index is 2.32. The summed E-state index contributed by atoms with van der Waals surface area (Å²) in [6, 6.07) is 2.59. The van der Waals surface area contributed by atoms with Crippen LogP contribution in [0.25, 0.3) is 10.9 Å². The zero-order chi connectivity index (χ0) is 19.1. The number of carbonyl (C=O) groups is 1. The fourth-order valence-corrected chi connectivity index (χ4v) is 3.09. The topological polar surface area (TPSA) is 64.4 Å². The van der Waals surface area contributed by atoms with E-state index in [0.29, 0.717) is 30.9 Å². The molecule has 1 saturated heterocycles. The molecule has 0 spiro atoms. The Bertz CT molecular complexity index is 921. The summed E-state index contributed by atoms with van der Waals surface area (Å²) in [4.78, 5) is 30.5. The number of halogens is 4. The number of rotatable bonds is 3. The molecule has 0 unspecified atom stereocenters. The Kier molecular flexibility index (Phi) is 4.94. The Labute approximate surface area is 151 Å². The highest BCUT2D eigenvalue weighted by Crippen LogP contribution is 2.26. The van der Waals surface area contributed by atoms with Gasteiger partial charge in [0.15, 0.2) is 5.78 Å². The van der Waals surface area contributed by atoms with Crippen molar-refractivity contribution < 1.29 is 22.7 Å². The predicted molar refractivity (Wildman–Crippen MR) is 90.1 cm³/mol. The third-order valence-corrected chi connectivity index (χ3v) is 4.23. The SMILES string of the molecule is CC(=O)c1cc(Cl)cc2c(=O)n(CC(F)(F)F)c(N3CCOCC3)nc12. The van der Waals surface area contributed by atoms with Crippen LogP contribution in [0.15, 0.2) is 16.9 Å². The van der Waals surface area contributed by atoms with E-state index < -0.39 is 18.3 Å². The number of benzene rings is 1. The number of Topliss-reactive ketones (excluding diaryl/α,β-unsaturated/α-hetero) is 1. The summed E-state index contributed by atoms with van der Waals surface area (Å²) in [5.74, 6) is -0.515. The van der Waals surface area contributed by atoms with Crippen molar-refractivity contribution in [1.82, 2.24) is 9.55 Å². The van der Waals surface area contributed by atoms with E-state index in [-0.39, 0.29) is 33.2 Å². The first-order valence-corrected chi connectivity index (χ1v) is 8.19. The molecule has 2 heterocycles. The molecule has 1 aliphatic rings. The molecular formula is C16H15ClF3N3O3. The molecule has 0 radical (unpaired) electrons. The first-order chi connectivity index (χ1) is 12.2. The van der Waals surface area contributed by atoms with Crippen molar-refractivity contribution in [3.8, 4) is 0 Å². The van der Waals surface area contributed by atoms with Gasteiger partial charge in [0.25, 0.3) is 5.56 Å². The zero-order valence-electron chi connectivity index (χ0n) is 13.8. The van der Waals surface area contributed by atoms with Crippen LogP contribution >= 0.6 is 11.6 Å². The fraction of sp³-hybridized carbons (Fsp3) is 0.438. The van der Waals surface area contributed by atoms with E-state index in [1.165, 1.54) is 19.1 Å². The Morgan fingerprint density at radius 2 is 1.96 bits per heavy atom. The summed E-state index contributed by atoms with van der Waals surface area (Å²) in [5.41, 5.74) is -0.746. The lowest BCUT2D eigenvalue weighted by atomic mass is 10.1. The average Bonchev–Trinajstić information content (AvgIpc) is 2.56. The van der Waals surface area contributed by atoms with Crippen molar-refractivity contribution >= 4 is 34.2 Å². The lowest BCUT2D eigenvalue weighted by molar-refractivity contribution is -0.141. The number of hydrogen-bond donors (Lipinski definition) is 0. The van der Waals surface area contributed by atoms with Gasteiger partial charge in [-0.3, -0.25) is 14.2 Å². The van der Waals surface area contributed by atoms with Gasteiger partial charge < -0.3 is 9.64 Å². The molecule has 1 aromatic carbocycles. The predicted octanol–water partition coefficient (Wildman–Crippen LogP) is 2.65. The van der Waals surface area contributed by atoms with Crippen LogP contribution in [0.4, 0.5) is 19.1 Å². The summed E-state index contributed by atoms with van der Waals surface area (Å²) >= 11 is 5.94. The fourth-order valence-electron chi connectivity index (χ4n) is 2.87. The summed E-state index contributed by atoms with van der Waals surface area (Å²) in [5, 5.41) is -0.0387. The van der Waals surface area contributed by atoms with Gasteiger partial charge in [0.05, 0.1) is 24.1 Å². The van der Waals surface area contributed by atoms with Gasteiger partial charge in [-0.15, -0.1) is 0 Å². The second kappa shape index (κ2) is 6.88. The lowest BCUT2D eigenvalue weighted by Gasteiger charge is -2.30. The monoisotopic (exact) mass is 389 g/mol. The van der Waals surface area contributed by atoms with Crippen molar-refractivity contribution in [2.75, 3.05) is 31.2 Å². The molecule has 1 aromatic heterocycles. The number of ketones is 1. The first-order valence-electron chi connectivity index (χ1n) is 7.82. The minimum absolute atomic E-state index is 0.0480. The molecule has 0 atom stereocenters. The normalized spacial score (nSPS) is 15.5. The van der Waals surface area contributed by atoms with Gasteiger partial charge in [-0.25, -0.2) is 4.98 Å². The molecule has 0 bridgehead atoms. The molecule has 0 aliphatic carbocycles. The van der Waals surface area contributed by atoms with Gasteiger partial charge in [-0.1, -0.05) is 11.6 Å². The highest BCUT2D eigenvalue weighted by atomic mass is 35.5. The lowest BCUT2D eigenvalue weighted by Crippen LogP contribution is -2.42. The van der Waals surface area contributed by atoms with Crippen molar-refractivity contribution in [2.45, 2.75) is 19.6 Å². The smallest absolute Gasteiger partial charge is 0.378 e. The summed E-state index contributed by atoms with van der Waals surface area (Å²) < 4.78 is 44.9. The van der Waals surface area contributed by atoms with Crippen LogP contribution in [-0.4, -0.2) is 47.8 Å². The van der Waals surface area contributed by atoms with Crippen molar-refractivity contribution in [3.63, 3.8) is 0 Å². The van der Waals surface area contributed by atoms with Gasteiger partial charge in [-0.2, -0.15) is 13.2 Å². The Morgan fingerprint density at radius 1 is 1.31 bits per heavy atom. The van der Waals surface area contributed by atoms with Crippen LogP contribution in [0.3, 0.4) is 0 Å². The van der Waals surface area contributed by atoms with E-state index in [1.807, 2.05) is 0 Å². The standard InChI is InChI=1S/C16H15ClF3N3O3/c1-9(24)11-6-10(17)7-12-13(11)21-15(22-2-4-26-5-3-22)23(14(12)25)8-16(18,19)20/h6-7H,2-5,8H2,1H3. The quantitative estimate of drug-likeness (QED) is 0.755. The van der Waals surface area contributed by atoms with E-state index in [4.69, 9.17) is 16.3 Å². The average molecular weight is 390 g/mol. The second-order valence-electron chi connectivity index (χ2n) is 5.92. The molecule has 0 amide bonds. The molecule has 1 aliphatic heterocycles. The highest BCUT2D eigenvalue weighted by Gasteiger charge is 2.32. The molecule has 26 heavy (non-hydrogen) atoms. The second-order valence-corrected chi connectivity index (χ2v) is 6.36. The number of fused-ring (bicyclic) bond motifs is 1. The minimum atomic E-state index is -4.61. The molecule has 1 fully saturated rings. The number of anilines is 1. The van der Waals surface area contributed by atoms with Gasteiger partial charge in [0.1, 0.15) is 6.54 Å². The van der Waals surface area contributed by atoms with E-state index in [2.05, 4.69) is 4.98 Å². The van der Waals surface area contributed by atoms with Gasteiger partial charge in [0, 0.05) is 23.7 Å². The maximum absolute atomic E-state index is 13.0. The Hall–Kier alpha value is -2.13. The first kappa shape index (κ1) is 18.7. The number of morpholine rings is 1. The van der Waals surface area contributed by atoms with Gasteiger partial charge in [0.2, 0.25) is 5.95 Å². The van der Waals surface area contributed by atoms with Crippen LogP contribution in [0.5, 0.6) is 0 Å². The number of alkyl halides is 3.